The number of pyridine rings is 1. The molecule has 2 aromatic rings. The molecule has 0 aliphatic heterocycles. The van der Waals surface area contributed by atoms with Crippen LogP contribution in [0.25, 0.3) is 0 Å². The molecule has 0 radical (unpaired) electrons. The van der Waals surface area contributed by atoms with E-state index in [0.717, 1.165) is 5.56 Å². The normalized spacial score (nSPS) is 11.2. The molecular formula is C13H14BrN3O3S. The van der Waals surface area contributed by atoms with Gasteiger partial charge in [0.15, 0.2) is 0 Å². The molecule has 0 aliphatic rings. The minimum Gasteiger partial charge on any atom is -0.495 e. The summed E-state index contributed by atoms with van der Waals surface area (Å²) < 4.78 is 33.1. The van der Waals surface area contributed by atoms with Crippen molar-refractivity contribution in [2.45, 2.75) is 11.4 Å². The highest BCUT2D eigenvalue weighted by Crippen LogP contribution is 2.29. The van der Waals surface area contributed by atoms with Crippen LogP contribution in [0.2, 0.25) is 0 Å². The Morgan fingerprint density at radius 2 is 2.14 bits per heavy atom. The first kappa shape index (κ1) is 15.7. The molecule has 0 amide bonds. The van der Waals surface area contributed by atoms with Crippen molar-refractivity contribution < 1.29 is 13.2 Å². The predicted molar refractivity (Wildman–Crippen MR) is 83.6 cm³/mol. The quantitative estimate of drug-likeness (QED) is 0.839. The summed E-state index contributed by atoms with van der Waals surface area (Å²) in [6, 6.07) is 6.29. The summed E-state index contributed by atoms with van der Waals surface area (Å²) in [5.74, 6) is 0.246. The summed E-state index contributed by atoms with van der Waals surface area (Å²) in [5, 5.41) is 0. The van der Waals surface area contributed by atoms with E-state index in [-0.39, 0.29) is 10.6 Å². The molecule has 1 heterocycles. The van der Waals surface area contributed by atoms with Gasteiger partial charge in [-0.2, -0.15) is 0 Å². The highest BCUT2D eigenvalue weighted by atomic mass is 79.9. The SMILES string of the molecule is COc1cc(CN)ccc1S(=O)(=O)Nc1ccncc1Br. The molecule has 0 atom stereocenters. The van der Waals surface area contributed by atoms with E-state index in [1.165, 1.54) is 25.6 Å². The lowest BCUT2D eigenvalue weighted by Gasteiger charge is -2.13. The van der Waals surface area contributed by atoms with Gasteiger partial charge in [-0.05, 0) is 39.7 Å². The molecule has 0 saturated heterocycles. The van der Waals surface area contributed by atoms with Gasteiger partial charge < -0.3 is 10.5 Å². The maximum absolute atomic E-state index is 12.5. The van der Waals surface area contributed by atoms with E-state index in [1.807, 2.05) is 0 Å². The molecule has 1 aromatic heterocycles. The average Bonchev–Trinajstić information content (AvgIpc) is 2.48. The summed E-state index contributed by atoms with van der Waals surface area (Å²) in [5.41, 5.74) is 6.73. The smallest absolute Gasteiger partial charge is 0.265 e. The second kappa shape index (κ2) is 6.42. The van der Waals surface area contributed by atoms with Crippen molar-refractivity contribution in [3.05, 3.63) is 46.7 Å². The Labute approximate surface area is 131 Å². The summed E-state index contributed by atoms with van der Waals surface area (Å²) in [7, 11) is -2.36. The number of anilines is 1. The van der Waals surface area contributed by atoms with Crippen LogP contribution in [0.5, 0.6) is 5.75 Å². The molecule has 3 N–H and O–H groups in total. The average molecular weight is 372 g/mol. The summed E-state index contributed by atoms with van der Waals surface area (Å²) in [6.45, 7) is 0.306. The van der Waals surface area contributed by atoms with Gasteiger partial charge in [-0.3, -0.25) is 9.71 Å². The maximum Gasteiger partial charge on any atom is 0.265 e. The fourth-order valence-corrected chi connectivity index (χ4v) is 3.43. The minimum atomic E-state index is -3.78. The van der Waals surface area contributed by atoms with Crippen molar-refractivity contribution >= 4 is 31.6 Å². The number of hydrogen-bond donors (Lipinski definition) is 2. The van der Waals surface area contributed by atoms with Gasteiger partial charge in [0.25, 0.3) is 10.0 Å². The highest BCUT2D eigenvalue weighted by Gasteiger charge is 2.20. The Hall–Kier alpha value is -1.64. The van der Waals surface area contributed by atoms with Crippen molar-refractivity contribution in [1.29, 1.82) is 0 Å². The first-order valence-electron chi connectivity index (χ1n) is 5.97. The molecule has 8 heteroatoms. The molecule has 2 rings (SSSR count). The molecule has 0 fully saturated rings. The van der Waals surface area contributed by atoms with Gasteiger partial charge in [0, 0.05) is 18.9 Å². The summed E-state index contributed by atoms with van der Waals surface area (Å²) in [6.07, 6.45) is 3.00. The number of nitrogens with two attached hydrogens (primary N) is 1. The minimum absolute atomic E-state index is 0.0471. The fraction of sp³-hybridized carbons (Fsp3) is 0.154. The number of nitrogens with zero attached hydrogens (tertiary/aromatic N) is 1. The number of benzene rings is 1. The van der Waals surface area contributed by atoms with E-state index in [0.29, 0.717) is 16.7 Å². The zero-order chi connectivity index (χ0) is 15.5. The van der Waals surface area contributed by atoms with Crippen molar-refractivity contribution in [3.8, 4) is 5.75 Å². The van der Waals surface area contributed by atoms with Gasteiger partial charge in [-0.1, -0.05) is 6.07 Å². The maximum atomic E-state index is 12.5. The molecule has 0 spiro atoms. The summed E-state index contributed by atoms with van der Waals surface area (Å²) >= 11 is 3.24. The van der Waals surface area contributed by atoms with Gasteiger partial charge in [0.1, 0.15) is 10.6 Å². The molecule has 0 aliphatic carbocycles. The summed E-state index contributed by atoms with van der Waals surface area (Å²) in [4.78, 5) is 3.93. The van der Waals surface area contributed by atoms with Crippen LogP contribution in [-0.2, 0) is 16.6 Å². The van der Waals surface area contributed by atoms with E-state index in [2.05, 4.69) is 25.6 Å². The van der Waals surface area contributed by atoms with Crippen LogP contribution in [0, 0.1) is 0 Å². The van der Waals surface area contributed by atoms with Crippen molar-refractivity contribution in [2.24, 2.45) is 5.73 Å². The van der Waals surface area contributed by atoms with E-state index in [1.54, 1.807) is 18.2 Å². The van der Waals surface area contributed by atoms with Crippen LogP contribution in [0.4, 0.5) is 5.69 Å². The molecule has 21 heavy (non-hydrogen) atoms. The van der Waals surface area contributed by atoms with E-state index >= 15 is 0 Å². The number of halogens is 1. The lowest BCUT2D eigenvalue weighted by atomic mass is 10.2. The third-order valence-corrected chi connectivity index (χ3v) is 4.81. The monoisotopic (exact) mass is 371 g/mol. The topological polar surface area (TPSA) is 94.3 Å². The molecule has 1 aromatic carbocycles. The number of aromatic nitrogens is 1. The largest absolute Gasteiger partial charge is 0.495 e. The first-order valence-corrected chi connectivity index (χ1v) is 8.25. The van der Waals surface area contributed by atoms with Gasteiger partial charge >= 0.3 is 0 Å². The number of methoxy groups -OCH3 is 1. The van der Waals surface area contributed by atoms with Crippen LogP contribution in [0.15, 0.2) is 46.0 Å². The van der Waals surface area contributed by atoms with Crippen LogP contribution in [0.3, 0.4) is 0 Å². The molecular weight excluding hydrogens is 358 g/mol. The van der Waals surface area contributed by atoms with E-state index < -0.39 is 10.0 Å². The zero-order valence-corrected chi connectivity index (χ0v) is 13.6. The Bertz CT molecular complexity index is 750. The third-order valence-electron chi connectivity index (χ3n) is 2.77. The number of rotatable bonds is 5. The predicted octanol–water partition coefficient (Wildman–Crippen LogP) is 2.11. The lowest BCUT2D eigenvalue weighted by molar-refractivity contribution is 0.402. The fourth-order valence-electron chi connectivity index (χ4n) is 1.72. The van der Waals surface area contributed by atoms with Crippen molar-refractivity contribution in [3.63, 3.8) is 0 Å². The lowest BCUT2D eigenvalue weighted by Crippen LogP contribution is -2.15. The van der Waals surface area contributed by atoms with Gasteiger partial charge in [0.2, 0.25) is 0 Å². The number of ether oxygens (including phenoxy) is 1. The number of hydrogen-bond acceptors (Lipinski definition) is 5. The van der Waals surface area contributed by atoms with Crippen LogP contribution >= 0.6 is 15.9 Å². The second-order valence-electron chi connectivity index (χ2n) is 4.15. The van der Waals surface area contributed by atoms with E-state index in [4.69, 9.17) is 10.5 Å². The zero-order valence-electron chi connectivity index (χ0n) is 11.2. The van der Waals surface area contributed by atoms with Crippen LogP contribution in [-0.4, -0.2) is 20.5 Å². The van der Waals surface area contributed by atoms with Crippen molar-refractivity contribution in [2.75, 3.05) is 11.8 Å². The van der Waals surface area contributed by atoms with Gasteiger partial charge in [0.05, 0.1) is 17.3 Å². The molecule has 0 bridgehead atoms. The van der Waals surface area contributed by atoms with Gasteiger partial charge in [-0.15, -0.1) is 0 Å². The molecule has 0 unspecified atom stereocenters. The number of nitrogens with one attached hydrogen (secondary N) is 1. The second-order valence-corrected chi connectivity index (χ2v) is 6.66. The number of sulfonamides is 1. The molecule has 112 valence electrons. The Kier molecular flexibility index (Phi) is 4.81. The third kappa shape index (κ3) is 3.52. The standard InChI is InChI=1S/C13H14BrN3O3S/c1-20-12-6-9(7-15)2-3-13(12)21(18,19)17-11-4-5-16-8-10(11)14/h2-6,8H,7,15H2,1H3,(H,16,17). The molecule has 0 saturated carbocycles. The molecule has 6 nitrogen and oxygen atoms in total. The van der Waals surface area contributed by atoms with Gasteiger partial charge in [-0.25, -0.2) is 8.42 Å². The highest BCUT2D eigenvalue weighted by molar-refractivity contribution is 9.10. The Morgan fingerprint density at radius 3 is 2.76 bits per heavy atom. The Morgan fingerprint density at radius 1 is 1.38 bits per heavy atom. The van der Waals surface area contributed by atoms with Crippen molar-refractivity contribution in [1.82, 2.24) is 4.98 Å². The van der Waals surface area contributed by atoms with Crippen LogP contribution < -0.4 is 15.2 Å². The first-order chi connectivity index (χ1) is 9.97. The van der Waals surface area contributed by atoms with E-state index in [9.17, 15) is 8.42 Å². The van der Waals surface area contributed by atoms with Crippen LogP contribution in [0.1, 0.15) is 5.56 Å². The Balaban J connectivity index is 2.42.